The Balaban J connectivity index is 2.09. The fourth-order valence-corrected chi connectivity index (χ4v) is 4.39. The highest BCUT2D eigenvalue weighted by atomic mass is 19.1. The van der Waals surface area contributed by atoms with Crippen molar-refractivity contribution in [3.05, 3.63) is 80.8 Å². The van der Waals surface area contributed by atoms with Gasteiger partial charge in [0.1, 0.15) is 11.7 Å². The van der Waals surface area contributed by atoms with E-state index in [1.807, 2.05) is 45.9 Å². The minimum Gasteiger partial charge on any atom is -0.481 e. The molecule has 0 saturated heterocycles. The maximum absolute atomic E-state index is 15.4. The molecule has 0 fully saturated rings. The monoisotopic (exact) mass is 508 g/mol. The molecule has 8 nitrogen and oxygen atoms in total. The zero-order valence-electron chi connectivity index (χ0n) is 22.0. The van der Waals surface area contributed by atoms with Crippen molar-refractivity contribution in [1.29, 1.82) is 0 Å². The van der Waals surface area contributed by atoms with Gasteiger partial charge in [0.2, 0.25) is 5.91 Å². The molecule has 1 aromatic carbocycles. The van der Waals surface area contributed by atoms with Crippen molar-refractivity contribution in [2.24, 2.45) is 5.92 Å². The van der Waals surface area contributed by atoms with E-state index >= 15 is 4.39 Å². The number of amides is 1. The standard InChI is InChI=1S/C28H33FN4O4/c1-15(2)12-21(33-11-10-16(3)13-22(33)34)28(37)31-20(14-23(35)36)26-25(29)19(6)30-27(32-26)24-17(4)8-7-9-18(24)5/h7-11,13,15,20-21H,12,14H2,1-6H3,(H,31,37)(H,35,36)/t20?,21-/m0/s1. The van der Waals surface area contributed by atoms with Gasteiger partial charge in [-0.05, 0) is 62.8 Å². The number of pyridine rings is 1. The van der Waals surface area contributed by atoms with E-state index in [1.165, 1.54) is 17.6 Å². The van der Waals surface area contributed by atoms with Gasteiger partial charge in [-0.1, -0.05) is 32.0 Å². The number of nitrogens with one attached hydrogen (secondary N) is 1. The summed E-state index contributed by atoms with van der Waals surface area (Å²) < 4.78 is 16.7. The summed E-state index contributed by atoms with van der Waals surface area (Å²) in [5.74, 6) is -2.30. The molecule has 0 bridgehead atoms. The van der Waals surface area contributed by atoms with Crippen LogP contribution in [0.4, 0.5) is 4.39 Å². The van der Waals surface area contributed by atoms with Crippen LogP contribution in [0.1, 0.15) is 66.9 Å². The maximum atomic E-state index is 15.4. The molecule has 1 unspecified atom stereocenters. The number of benzene rings is 1. The summed E-state index contributed by atoms with van der Waals surface area (Å²) in [5, 5.41) is 12.3. The molecule has 0 saturated carbocycles. The number of carbonyl (C=O) groups is 2. The fraction of sp³-hybridized carbons (Fsp3) is 0.393. The lowest BCUT2D eigenvalue weighted by molar-refractivity contribution is -0.138. The summed E-state index contributed by atoms with van der Waals surface area (Å²) in [7, 11) is 0. The van der Waals surface area contributed by atoms with Crippen LogP contribution in [0.2, 0.25) is 0 Å². The van der Waals surface area contributed by atoms with Crippen LogP contribution < -0.4 is 10.9 Å². The lowest BCUT2D eigenvalue weighted by atomic mass is 10.00. The molecule has 0 aliphatic heterocycles. The van der Waals surface area contributed by atoms with Crippen LogP contribution in [0, 0.1) is 39.4 Å². The second kappa shape index (κ2) is 11.5. The first-order chi connectivity index (χ1) is 17.4. The minimum atomic E-state index is -1.27. The number of nitrogens with zero attached hydrogens (tertiary/aromatic N) is 3. The molecule has 9 heteroatoms. The zero-order chi connectivity index (χ0) is 27.4. The smallest absolute Gasteiger partial charge is 0.305 e. The third kappa shape index (κ3) is 6.47. The molecule has 0 spiro atoms. The van der Waals surface area contributed by atoms with Gasteiger partial charge in [-0.3, -0.25) is 14.4 Å². The number of aryl methyl sites for hydroxylation is 4. The number of rotatable bonds is 9. The van der Waals surface area contributed by atoms with Crippen molar-refractivity contribution in [2.75, 3.05) is 0 Å². The SMILES string of the molecule is Cc1ccn([C@@H](CC(C)C)C(=O)NC(CC(=O)O)c2nc(-c3c(C)cccc3C)nc(C)c2F)c(=O)c1. The van der Waals surface area contributed by atoms with Gasteiger partial charge in [-0.15, -0.1) is 0 Å². The molecule has 0 aliphatic carbocycles. The first-order valence-electron chi connectivity index (χ1n) is 12.2. The van der Waals surface area contributed by atoms with Crippen LogP contribution in [0.5, 0.6) is 0 Å². The van der Waals surface area contributed by atoms with Crippen molar-refractivity contribution in [1.82, 2.24) is 19.9 Å². The molecule has 0 radical (unpaired) electrons. The van der Waals surface area contributed by atoms with Crippen molar-refractivity contribution in [3.8, 4) is 11.4 Å². The third-order valence-electron chi connectivity index (χ3n) is 6.21. The van der Waals surface area contributed by atoms with E-state index in [0.717, 1.165) is 22.3 Å². The molecule has 2 heterocycles. The average Bonchev–Trinajstić information content (AvgIpc) is 2.79. The molecule has 0 aliphatic rings. The maximum Gasteiger partial charge on any atom is 0.305 e. The average molecular weight is 509 g/mol. The van der Waals surface area contributed by atoms with E-state index in [0.29, 0.717) is 6.42 Å². The van der Waals surface area contributed by atoms with E-state index < -0.39 is 36.2 Å². The Labute approximate surface area is 215 Å². The first-order valence-corrected chi connectivity index (χ1v) is 12.2. The van der Waals surface area contributed by atoms with Crippen LogP contribution >= 0.6 is 0 Å². The van der Waals surface area contributed by atoms with E-state index in [4.69, 9.17) is 0 Å². The lowest BCUT2D eigenvalue weighted by Crippen LogP contribution is -2.40. The van der Waals surface area contributed by atoms with Gasteiger partial charge in [-0.25, -0.2) is 14.4 Å². The number of halogens is 1. The van der Waals surface area contributed by atoms with E-state index in [2.05, 4.69) is 15.3 Å². The minimum absolute atomic E-state index is 0.0424. The summed E-state index contributed by atoms with van der Waals surface area (Å²) in [6.07, 6.45) is 1.28. The number of carboxylic acid groups (broad SMARTS) is 1. The Morgan fingerprint density at radius 2 is 1.73 bits per heavy atom. The lowest BCUT2D eigenvalue weighted by Gasteiger charge is -2.25. The van der Waals surface area contributed by atoms with E-state index in [1.54, 1.807) is 19.2 Å². The molecule has 3 aromatic rings. The third-order valence-corrected chi connectivity index (χ3v) is 6.21. The molecule has 196 valence electrons. The van der Waals surface area contributed by atoms with Gasteiger partial charge in [0.05, 0.1) is 18.2 Å². The Morgan fingerprint density at radius 3 is 2.30 bits per heavy atom. The van der Waals surface area contributed by atoms with Gasteiger partial charge in [0.25, 0.3) is 5.56 Å². The van der Waals surface area contributed by atoms with Gasteiger partial charge < -0.3 is 15.0 Å². The molecule has 1 amide bonds. The van der Waals surface area contributed by atoms with Crippen molar-refractivity contribution >= 4 is 11.9 Å². The van der Waals surface area contributed by atoms with Gasteiger partial charge >= 0.3 is 5.97 Å². The zero-order valence-corrected chi connectivity index (χ0v) is 22.0. The molecule has 3 rings (SSSR count). The normalized spacial score (nSPS) is 12.9. The molecule has 37 heavy (non-hydrogen) atoms. The van der Waals surface area contributed by atoms with E-state index in [9.17, 15) is 19.5 Å². The molecule has 2 N–H and O–H groups in total. The summed E-state index contributed by atoms with van der Waals surface area (Å²) in [6.45, 7) is 10.9. The predicted octanol–water partition coefficient (Wildman–Crippen LogP) is 4.60. The first kappa shape index (κ1) is 27.7. The Bertz CT molecular complexity index is 1360. The molecule has 2 atom stereocenters. The Morgan fingerprint density at radius 1 is 1.08 bits per heavy atom. The largest absolute Gasteiger partial charge is 0.481 e. The van der Waals surface area contributed by atoms with Crippen molar-refractivity contribution in [2.45, 2.75) is 66.5 Å². The number of carboxylic acids is 1. The van der Waals surface area contributed by atoms with Crippen LogP contribution in [-0.2, 0) is 9.59 Å². The van der Waals surface area contributed by atoms with Crippen LogP contribution in [0.15, 0.2) is 41.3 Å². The quantitative estimate of drug-likeness (QED) is 0.437. The molecular weight excluding hydrogens is 475 g/mol. The highest BCUT2D eigenvalue weighted by Gasteiger charge is 2.30. The van der Waals surface area contributed by atoms with Gasteiger partial charge in [-0.2, -0.15) is 0 Å². The topological polar surface area (TPSA) is 114 Å². The van der Waals surface area contributed by atoms with Gasteiger partial charge in [0, 0.05) is 17.8 Å². The Hall–Kier alpha value is -3.88. The van der Waals surface area contributed by atoms with Crippen LogP contribution in [0.25, 0.3) is 11.4 Å². The summed E-state index contributed by atoms with van der Waals surface area (Å²) in [4.78, 5) is 46.7. The summed E-state index contributed by atoms with van der Waals surface area (Å²) >= 11 is 0. The van der Waals surface area contributed by atoms with Crippen LogP contribution in [0.3, 0.4) is 0 Å². The molecule has 2 aromatic heterocycles. The number of aliphatic carboxylic acids is 1. The molecular formula is C28H33FN4O4. The van der Waals surface area contributed by atoms with Crippen molar-refractivity contribution in [3.63, 3.8) is 0 Å². The summed E-state index contributed by atoms with van der Waals surface area (Å²) in [5.41, 5.74) is 2.72. The summed E-state index contributed by atoms with van der Waals surface area (Å²) in [6, 6.07) is 6.63. The number of hydrogen-bond acceptors (Lipinski definition) is 5. The van der Waals surface area contributed by atoms with Crippen LogP contribution in [-0.4, -0.2) is 31.5 Å². The number of hydrogen-bond donors (Lipinski definition) is 2. The Kier molecular flexibility index (Phi) is 8.57. The van der Waals surface area contributed by atoms with Gasteiger partial charge in [0.15, 0.2) is 11.6 Å². The van der Waals surface area contributed by atoms with Crippen molar-refractivity contribution < 1.29 is 19.1 Å². The second-order valence-corrected chi connectivity index (χ2v) is 9.85. The highest BCUT2D eigenvalue weighted by molar-refractivity contribution is 5.81. The highest BCUT2D eigenvalue weighted by Crippen LogP contribution is 2.29. The number of carbonyl (C=O) groups excluding carboxylic acids is 1. The fourth-order valence-electron chi connectivity index (χ4n) is 4.39. The predicted molar refractivity (Wildman–Crippen MR) is 139 cm³/mol. The second-order valence-electron chi connectivity index (χ2n) is 9.85. The van der Waals surface area contributed by atoms with E-state index in [-0.39, 0.29) is 28.7 Å². The number of aromatic nitrogens is 3.